The van der Waals surface area contributed by atoms with Crippen LogP contribution in [0.1, 0.15) is 37.0 Å². The molecular formula is C15H22N2O3S. The summed E-state index contributed by atoms with van der Waals surface area (Å²) in [5.74, 6) is -0.865. The van der Waals surface area contributed by atoms with Crippen molar-refractivity contribution in [3.8, 4) is 0 Å². The fourth-order valence-electron chi connectivity index (χ4n) is 1.82. The number of aryl methyl sites for hydroxylation is 1. The highest BCUT2D eigenvalue weighted by Crippen LogP contribution is 2.17. The third-order valence-corrected chi connectivity index (χ3v) is 3.80. The maximum atomic E-state index is 12.3. The molecule has 1 rings (SSSR count). The number of nitrogens with one attached hydrogen (secondary N) is 1. The van der Waals surface area contributed by atoms with Crippen LogP contribution in [0.5, 0.6) is 0 Å². The highest BCUT2D eigenvalue weighted by molar-refractivity contribution is 7.98. The predicted molar refractivity (Wildman–Crippen MR) is 83.5 cm³/mol. The highest BCUT2D eigenvalue weighted by Gasteiger charge is 2.26. The lowest BCUT2D eigenvalue weighted by Gasteiger charge is -2.19. The Morgan fingerprint density at radius 3 is 2.52 bits per heavy atom. The Bertz CT molecular complexity index is 495. The molecule has 6 heteroatoms. The summed E-state index contributed by atoms with van der Waals surface area (Å²) in [5.41, 5.74) is 1.18. The maximum Gasteiger partial charge on any atom is 0.328 e. The van der Waals surface area contributed by atoms with Crippen LogP contribution in [0.2, 0.25) is 0 Å². The van der Waals surface area contributed by atoms with E-state index < -0.39 is 12.0 Å². The SMILES string of the molecule is CCc1cc(SC)cc(C(=O)NC(C(=O)OC)C(C)C)n1. The summed E-state index contributed by atoms with van der Waals surface area (Å²) >= 11 is 1.55. The van der Waals surface area contributed by atoms with Gasteiger partial charge in [-0.25, -0.2) is 9.78 Å². The number of methoxy groups -OCH3 is 1. The highest BCUT2D eigenvalue weighted by atomic mass is 32.2. The Labute approximate surface area is 129 Å². The van der Waals surface area contributed by atoms with E-state index in [0.717, 1.165) is 17.0 Å². The maximum absolute atomic E-state index is 12.3. The van der Waals surface area contributed by atoms with Crippen LogP contribution in [0.3, 0.4) is 0 Å². The van der Waals surface area contributed by atoms with Crippen molar-refractivity contribution in [1.82, 2.24) is 10.3 Å². The van der Waals surface area contributed by atoms with Gasteiger partial charge in [-0.3, -0.25) is 4.79 Å². The molecule has 0 bridgehead atoms. The third-order valence-electron chi connectivity index (χ3n) is 3.09. The number of amides is 1. The molecule has 0 saturated heterocycles. The van der Waals surface area contributed by atoms with E-state index in [0.29, 0.717) is 5.69 Å². The lowest BCUT2D eigenvalue weighted by atomic mass is 10.0. The lowest BCUT2D eigenvalue weighted by molar-refractivity contribution is -0.144. The van der Waals surface area contributed by atoms with Crippen LogP contribution in [0.25, 0.3) is 0 Å². The predicted octanol–water partition coefficient (Wildman–Crippen LogP) is 2.29. The first-order valence-electron chi connectivity index (χ1n) is 6.86. The van der Waals surface area contributed by atoms with Gasteiger partial charge in [0.2, 0.25) is 0 Å². The number of carbonyl (C=O) groups is 2. The molecule has 21 heavy (non-hydrogen) atoms. The molecule has 0 aromatic carbocycles. The van der Waals surface area contributed by atoms with Gasteiger partial charge < -0.3 is 10.1 Å². The zero-order chi connectivity index (χ0) is 16.0. The van der Waals surface area contributed by atoms with Gasteiger partial charge in [0.1, 0.15) is 11.7 Å². The Hall–Kier alpha value is -1.56. The van der Waals surface area contributed by atoms with Crippen LogP contribution in [0.4, 0.5) is 0 Å². The number of ether oxygens (including phenoxy) is 1. The van der Waals surface area contributed by atoms with E-state index >= 15 is 0 Å². The fourth-order valence-corrected chi connectivity index (χ4v) is 2.30. The minimum atomic E-state index is -0.674. The Balaban J connectivity index is 2.99. The molecule has 116 valence electrons. The molecule has 1 unspecified atom stereocenters. The normalized spacial score (nSPS) is 12.1. The Morgan fingerprint density at radius 1 is 1.38 bits per heavy atom. The molecule has 0 spiro atoms. The van der Waals surface area contributed by atoms with Crippen molar-refractivity contribution in [1.29, 1.82) is 0 Å². The van der Waals surface area contributed by atoms with E-state index in [4.69, 9.17) is 4.74 Å². The quantitative estimate of drug-likeness (QED) is 0.645. The van der Waals surface area contributed by atoms with E-state index in [2.05, 4.69) is 10.3 Å². The van der Waals surface area contributed by atoms with E-state index in [-0.39, 0.29) is 11.8 Å². The molecule has 1 aromatic heterocycles. The Morgan fingerprint density at radius 2 is 2.05 bits per heavy atom. The summed E-state index contributed by atoms with van der Waals surface area (Å²) in [7, 11) is 1.31. The average molecular weight is 310 g/mol. The molecule has 0 radical (unpaired) electrons. The molecule has 5 nitrogen and oxygen atoms in total. The number of rotatable bonds is 6. The van der Waals surface area contributed by atoms with Crippen molar-refractivity contribution in [2.24, 2.45) is 5.92 Å². The van der Waals surface area contributed by atoms with Crippen molar-refractivity contribution < 1.29 is 14.3 Å². The van der Waals surface area contributed by atoms with Gasteiger partial charge in [-0.1, -0.05) is 20.8 Å². The van der Waals surface area contributed by atoms with Crippen molar-refractivity contribution in [3.63, 3.8) is 0 Å². The second-order valence-corrected chi connectivity index (χ2v) is 5.84. The fraction of sp³-hybridized carbons (Fsp3) is 0.533. The minimum Gasteiger partial charge on any atom is -0.467 e. The summed E-state index contributed by atoms with van der Waals surface area (Å²) in [6.45, 7) is 5.69. The molecule has 1 heterocycles. The van der Waals surface area contributed by atoms with E-state index in [1.807, 2.05) is 33.1 Å². The smallest absolute Gasteiger partial charge is 0.328 e. The van der Waals surface area contributed by atoms with Gasteiger partial charge in [0.25, 0.3) is 5.91 Å². The van der Waals surface area contributed by atoms with E-state index in [1.54, 1.807) is 17.8 Å². The van der Waals surface area contributed by atoms with Crippen LogP contribution >= 0.6 is 11.8 Å². The van der Waals surface area contributed by atoms with Crippen molar-refractivity contribution in [2.75, 3.05) is 13.4 Å². The summed E-state index contributed by atoms with van der Waals surface area (Å²) in [4.78, 5) is 29.3. The summed E-state index contributed by atoms with van der Waals surface area (Å²) in [6.07, 6.45) is 2.70. The van der Waals surface area contributed by atoms with Gasteiger partial charge in [0, 0.05) is 10.6 Å². The number of thioether (sulfide) groups is 1. The van der Waals surface area contributed by atoms with Gasteiger partial charge in [0.15, 0.2) is 0 Å². The second kappa shape index (κ2) is 8.02. The van der Waals surface area contributed by atoms with Crippen LogP contribution in [0, 0.1) is 5.92 Å². The molecule has 0 saturated carbocycles. The van der Waals surface area contributed by atoms with Crippen molar-refractivity contribution in [2.45, 2.75) is 38.1 Å². The van der Waals surface area contributed by atoms with Crippen LogP contribution < -0.4 is 5.32 Å². The van der Waals surface area contributed by atoms with Crippen molar-refractivity contribution >= 4 is 23.6 Å². The monoisotopic (exact) mass is 310 g/mol. The van der Waals surface area contributed by atoms with E-state index in [9.17, 15) is 9.59 Å². The molecule has 0 aliphatic rings. The van der Waals surface area contributed by atoms with Gasteiger partial charge in [-0.05, 0) is 30.7 Å². The molecule has 0 aliphatic carbocycles. The van der Waals surface area contributed by atoms with Gasteiger partial charge in [-0.2, -0.15) is 0 Å². The summed E-state index contributed by atoms with van der Waals surface area (Å²) in [6, 6.07) is 3.02. The van der Waals surface area contributed by atoms with Crippen molar-refractivity contribution in [3.05, 3.63) is 23.5 Å². The average Bonchev–Trinajstić information content (AvgIpc) is 2.50. The number of hydrogen-bond acceptors (Lipinski definition) is 5. The number of hydrogen-bond donors (Lipinski definition) is 1. The van der Waals surface area contributed by atoms with Gasteiger partial charge in [-0.15, -0.1) is 11.8 Å². The van der Waals surface area contributed by atoms with E-state index in [1.165, 1.54) is 7.11 Å². The number of carbonyl (C=O) groups excluding carboxylic acids is 2. The molecule has 0 fully saturated rings. The Kier molecular flexibility index (Phi) is 6.68. The lowest BCUT2D eigenvalue weighted by Crippen LogP contribution is -2.45. The van der Waals surface area contributed by atoms with Gasteiger partial charge >= 0.3 is 5.97 Å². The van der Waals surface area contributed by atoms with Crippen LogP contribution in [-0.4, -0.2) is 36.3 Å². The molecular weight excluding hydrogens is 288 g/mol. The summed E-state index contributed by atoms with van der Waals surface area (Å²) < 4.78 is 4.72. The first kappa shape index (κ1) is 17.5. The minimum absolute atomic E-state index is 0.0595. The van der Waals surface area contributed by atoms with Gasteiger partial charge in [0.05, 0.1) is 7.11 Å². The molecule has 1 aromatic rings. The molecule has 1 amide bonds. The molecule has 1 N–H and O–H groups in total. The van der Waals surface area contributed by atoms with Crippen LogP contribution in [0.15, 0.2) is 17.0 Å². The van der Waals surface area contributed by atoms with Crippen LogP contribution in [-0.2, 0) is 16.0 Å². The standard InChI is InChI=1S/C15H22N2O3S/c1-6-10-7-11(21-5)8-12(16-10)14(18)17-13(9(2)3)15(19)20-4/h7-9,13H,6H2,1-5H3,(H,17,18). The zero-order valence-corrected chi connectivity index (χ0v) is 13.9. The molecule has 1 atom stereocenters. The zero-order valence-electron chi connectivity index (χ0n) is 13.1. The largest absolute Gasteiger partial charge is 0.467 e. The second-order valence-electron chi connectivity index (χ2n) is 4.96. The first-order chi connectivity index (χ1) is 9.92. The topological polar surface area (TPSA) is 68.3 Å². The third kappa shape index (κ3) is 4.74. The summed E-state index contributed by atoms with van der Waals surface area (Å²) in [5, 5.41) is 2.70. The molecule has 0 aliphatic heterocycles. The number of aromatic nitrogens is 1. The number of pyridine rings is 1. The first-order valence-corrected chi connectivity index (χ1v) is 8.09. The number of esters is 1. The number of nitrogens with zero attached hydrogens (tertiary/aromatic N) is 1.